The van der Waals surface area contributed by atoms with Crippen LogP contribution in [0.25, 0.3) is 0 Å². The van der Waals surface area contributed by atoms with E-state index in [0.717, 1.165) is 19.0 Å². The van der Waals surface area contributed by atoms with Gasteiger partial charge in [-0.3, -0.25) is 0 Å². The van der Waals surface area contributed by atoms with Gasteiger partial charge in [0, 0.05) is 31.5 Å². The van der Waals surface area contributed by atoms with E-state index in [2.05, 4.69) is 39.9 Å². The number of hydrogen-bond acceptors (Lipinski definition) is 3. The molecule has 90 valence electrons. The minimum atomic E-state index is 0.667. The first-order chi connectivity index (χ1) is 7.81. The number of nitrogens with zero attached hydrogens (tertiary/aromatic N) is 3. The number of hydrogen-bond donors (Lipinski definition) is 1. The third kappa shape index (κ3) is 2.55. The van der Waals surface area contributed by atoms with Gasteiger partial charge in [-0.25, -0.2) is 4.98 Å². The highest BCUT2D eigenvalue weighted by Gasteiger charge is 2.19. The topological polar surface area (TPSA) is 33.1 Å². The highest BCUT2D eigenvalue weighted by atomic mass is 15.2. The van der Waals surface area contributed by atoms with Gasteiger partial charge in [-0.2, -0.15) is 0 Å². The lowest BCUT2D eigenvalue weighted by molar-refractivity contribution is 0.168. The summed E-state index contributed by atoms with van der Waals surface area (Å²) in [7, 11) is 2.23. The average Bonchev–Trinajstić information content (AvgIpc) is 2.70. The Kier molecular flexibility index (Phi) is 3.83. The number of imidazole rings is 1. The number of aromatic nitrogens is 2. The smallest absolute Gasteiger partial charge is 0.202 e. The van der Waals surface area contributed by atoms with Crippen LogP contribution in [-0.4, -0.2) is 40.6 Å². The van der Waals surface area contributed by atoms with E-state index in [1.807, 2.05) is 6.20 Å². The third-order valence-corrected chi connectivity index (χ3v) is 3.38. The summed E-state index contributed by atoms with van der Waals surface area (Å²) < 4.78 is 2.23. The Hall–Kier alpha value is -1.03. The third-order valence-electron chi connectivity index (χ3n) is 3.38. The maximum Gasteiger partial charge on any atom is 0.202 e. The van der Waals surface area contributed by atoms with Gasteiger partial charge in [0.2, 0.25) is 5.95 Å². The van der Waals surface area contributed by atoms with Crippen molar-refractivity contribution in [2.24, 2.45) is 0 Å². The molecule has 0 amide bonds. The van der Waals surface area contributed by atoms with Crippen LogP contribution < -0.4 is 5.32 Å². The largest absolute Gasteiger partial charge is 0.356 e. The van der Waals surface area contributed by atoms with Crippen molar-refractivity contribution in [3.63, 3.8) is 0 Å². The first-order valence-corrected chi connectivity index (χ1v) is 6.26. The molecule has 4 nitrogen and oxygen atoms in total. The van der Waals surface area contributed by atoms with Gasteiger partial charge in [-0.15, -0.1) is 0 Å². The van der Waals surface area contributed by atoms with E-state index in [1.165, 1.54) is 25.8 Å². The Labute approximate surface area is 97.7 Å². The molecule has 0 saturated carbocycles. The molecule has 1 unspecified atom stereocenters. The van der Waals surface area contributed by atoms with Crippen molar-refractivity contribution < 1.29 is 0 Å². The van der Waals surface area contributed by atoms with Gasteiger partial charge in [-0.1, -0.05) is 6.42 Å². The molecule has 1 saturated heterocycles. The molecule has 2 rings (SSSR count). The molecule has 1 aromatic rings. The Morgan fingerprint density at radius 3 is 3.12 bits per heavy atom. The Morgan fingerprint density at radius 1 is 1.50 bits per heavy atom. The van der Waals surface area contributed by atoms with Gasteiger partial charge in [0.1, 0.15) is 0 Å². The summed E-state index contributed by atoms with van der Waals surface area (Å²) in [5, 5.41) is 3.29. The second-order valence-electron chi connectivity index (χ2n) is 4.56. The molecule has 1 aliphatic heterocycles. The summed E-state index contributed by atoms with van der Waals surface area (Å²) in [6.45, 7) is 5.32. The zero-order valence-corrected chi connectivity index (χ0v) is 10.3. The van der Waals surface area contributed by atoms with Crippen molar-refractivity contribution >= 4 is 5.95 Å². The van der Waals surface area contributed by atoms with Crippen molar-refractivity contribution in [2.75, 3.05) is 25.5 Å². The molecular formula is C12H22N4. The molecule has 1 fully saturated rings. The SMILES string of the molecule is CCNc1nccn1CC1CCCCN1C. The van der Waals surface area contributed by atoms with Gasteiger partial charge >= 0.3 is 0 Å². The second-order valence-corrected chi connectivity index (χ2v) is 4.56. The maximum absolute atomic E-state index is 4.33. The molecule has 1 aromatic heterocycles. The molecule has 0 aliphatic carbocycles. The molecule has 1 N–H and O–H groups in total. The van der Waals surface area contributed by atoms with Crippen LogP contribution in [0.15, 0.2) is 12.4 Å². The van der Waals surface area contributed by atoms with Crippen molar-refractivity contribution in [3.05, 3.63) is 12.4 Å². The first kappa shape index (κ1) is 11.5. The Balaban J connectivity index is 1.99. The number of piperidine rings is 1. The molecule has 1 atom stereocenters. The Morgan fingerprint density at radius 2 is 2.38 bits per heavy atom. The molecule has 4 heteroatoms. The van der Waals surface area contributed by atoms with E-state index in [4.69, 9.17) is 0 Å². The fourth-order valence-corrected chi connectivity index (χ4v) is 2.38. The first-order valence-electron chi connectivity index (χ1n) is 6.26. The lowest BCUT2D eigenvalue weighted by Crippen LogP contribution is -2.39. The lowest BCUT2D eigenvalue weighted by Gasteiger charge is -2.32. The van der Waals surface area contributed by atoms with E-state index < -0.39 is 0 Å². The molecule has 0 bridgehead atoms. The van der Waals surface area contributed by atoms with Crippen LogP contribution in [0.3, 0.4) is 0 Å². The predicted octanol–water partition coefficient (Wildman–Crippen LogP) is 1.80. The number of likely N-dealkylation sites (N-methyl/N-ethyl adjacent to an activating group) is 1. The van der Waals surface area contributed by atoms with Crippen LogP contribution in [0, 0.1) is 0 Å². The van der Waals surface area contributed by atoms with Crippen LogP contribution in [0.5, 0.6) is 0 Å². The summed E-state index contributed by atoms with van der Waals surface area (Å²) >= 11 is 0. The second kappa shape index (κ2) is 5.34. The van der Waals surface area contributed by atoms with Gasteiger partial charge in [0.15, 0.2) is 0 Å². The van der Waals surface area contributed by atoms with E-state index in [9.17, 15) is 0 Å². The summed E-state index contributed by atoms with van der Waals surface area (Å²) in [5.74, 6) is 1.00. The van der Waals surface area contributed by atoms with Gasteiger partial charge in [0.05, 0.1) is 0 Å². The highest BCUT2D eigenvalue weighted by molar-refractivity contribution is 5.25. The molecule has 1 aliphatic rings. The predicted molar refractivity (Wildman–Crippen MR) is 66.7 cm³/mol. The molecule has 0 spiro atoms. The Bertz CT molecular complexity index is 321. The molecule has 2 heterocycles. The van der Waals surface area contributed by atoms with E-state index >= 15 is 0 Å². The summed E-state index contributed by atoms with van der Waals surface area (Å²) in [5.41, 5.74) is 0. The summed E-state index contributed by atoms with van der Waals surface area (Å²) in [4.78, 5) is 6.80. The van der Waals surface area contributed by atoms with Gasteiger partial charge < -0.3 is 14.8 Å². The van der Waals surface area contributed by atoms with Crippen molar-refractivity contribution in [2.45, 2.75) is 38.8 Å². The van der Waals surface area contributed by atoms with Crippen LogP contribution in [0.4, 0.5) is 5.95 Å². The lowest BCUT2D eigenvalue weighted by atomic mass is 10.0. The zero-order chi connectivity index (χ0) is 11.4. The minimum absolute atomic E-state index is 0.667. The van der Waals surface area contributed by atoms with E-state index in [0.29, 0.717) is 6.04 Å². The standard InChI is InChI=1S/C12H22N4/c1-3-13-12-14-7-9-16(12)10-11-6-4-5-8-15(11)2/h7,9,11H,3-6,8,10H2,1-2H3,(H,13,14). The number of rotatable bonds is 4. The monoisotopic (exact) mass is 222 g/mol. The zero-order valence-electron chi connectivity index (χ0n) is 10.3. The molecule has 0 aromatic carbocycles. The minimum Gasteiger partial charge on any atom is -0.356 e. The van der Waals surface area contributed by atoms with E-state index in [-0.39, 0.29) is 0 Å². The van der Waals surface area contributed by atoms with E-state index in [1.54, 1.807) is 0 Å². The summed E-state index contributed by atoms with van der Waals surface area (Å²) in [6.07, 6.45) is 7.96. The average molecular weight is 222 g/mol. The fourth-order valence-electron chi connectivity index (χ4n) is 2.38. The van der Waals surface area contributed by atoms with Crippen LogP contribution in [-0.2, 0) is 6.54 Å². The van der Waals surface area contributed by atoms with Crippen LogP contribution in [0.1, 0.15) is 26.2 Å². The van der Waals surface area contributed by atoms with Crippen molar-refractivity contribution in [1.29, 1.82) is 0 Å². The molecule has 16 heavy (non-hydrogen) atoms. The highest BCUT2D eigenvalue weighted by Crippen LogP contribution is 2.18. The number of likely N-dealkylation sites (tertiary alicyclic amines) is 1. The molecule has 0 radical (unpaired) electrons. The van der Waals surface area contributed by atoms with Gasteiger partial charge in [0.25, 0.3) is 0 Å². The maximum atomic E-state index is 4.33. The van der Waals surface area contributed by atoms with Crippen molar-refractivity contribution in [1.82, 2.24) is 14.5 Å². The fraction of sp³-hybridized carbons (Fsp3) is 0.750. The quantitative estimate of drug-likeness (QED) is 0.843. The number of nitrogens with one attached hydrogen (secondary N) is 1. The summed E-state index contributed by atoms with van der Waals surface area (Å²) in [6, 6.07) is 0.667. The number of anilines is 1. The van der Waals surface area contributed by atoms with Crippen LogP contribution in [0.2, 0.25) is 0 Å². The molecular weight excluding hydrogens is 200 g/mol. The normalized spacial score (nSPS) is 22.2. The van der Waals surface area contributed by atoms with Crippen LogP contribution >= 0.6 is 0 Å². The van der Waals surface area contributed by atoms with Crippen molar-refractivity contribution in [3.8, 4) is 0 Å². The van der Waals surface area contributed by atoms with Gasteiger partial charge in [-0.05, 0) is 33.4 Å².